The second-order valence-corrected chi connectivity index (χ2v) is 12.6. The summed E-state index contributed by atoms with van der Waals surface area (Å²) in [6.07, 6.45) is 8.95. The summed E-state index contributed by atoms with van der Waals surface area (Å²) >= 11 is 0. The molecular formula is C29H47NO4Si. The molecule has 0 unspecified atom stereocenters. The van der Waals surface area contributed by atoms with E-state index in [9.17, 15) is 14.4 Å². The number of amides is 1. The average Bonchev–Trinajstić information content (AvgIpc) is 2.79. The number of carbonyl (C=O) groups excluding carboxylic acids is 1. The second kappa shape index (κ2) is 14.7. The van der Waals surface area contributed by atoms with Gasteiger partial charge in [-0.3, -0.25) is 4.79 Å². The third kappa shape index (κ3) is 10.0. The van der Waals surface area contributed by atoms with Crippen LogP contribution in [0.1, 0.15) is 101 Å². The largest absolute Gasteiger partial charge is 0.495 e. The monoisotopic (exact) mass is 501 g/mol. The molecule has 0 aromatic heterocycles. The lowest BCUT2D eigenvalue weighted by Crippen LogP contribution is -2.38. The molecule has 1 atom stereocenters. The van der Waals surface area contributed by atoms with Gasteiger partial charge in [-0.1, -0.05) is 82.7 Å². The highest BCUT2D eigenvalue weighted by Crippen LogP contribution is 2.31. The second-order valence-electron chi connectivity index (χ2n) is 10.3. The molecule has 0 spiro atoms. The standard InChI is InChI=1S/C29H47NO4Si/c1-6-34-35(32,33)19-14-12-10-8-7-9-11-13-18-28(31)30-29(22(2)3)26-17-15-16-25-20-23(4)24(5)21-27(25)26/h15-17,20-22,29,32-33H,6-14,18-19H2,1-5H3,(H,30,31)/t29-/m1/s1. The predicted octanol–water partition coefficient (Wildman–Crippen LogP) is 6.74. The maximum atomic E-state index is 12.8. The summed E-state index contributed by atoms with van der Waals surface area (Å²) in [7, 11) is -3.40. The van der Waals surface area contributed by atoms with E-state index in [1.54, 1.807) is 6.92 Å². The zero-order chi connectivity index (χ0) is 25.8. The SMILES string of the molecule is CCO[Si](O)(O)CCCCCCCCCCC(=O)N[C@@H](c1cccc2cc(C)c(C)cc12)C(C)C. The fourth-order valence-corrected chi connectivity index (χ4v) is 6.01. The van der Waals surface area contributed by atoms with E-state index in [0.29, 0.717) is 25.0 Å². The number of nitrogens with one attached hydrogen (secondary N) is 1. The van der Waals surface area contributed by atoms with Gasteiger partial charge in [0.05, 0.1) is 6.04 Å². The molecule has 0 saturated carbocycles. The minimum absolute atomic E-state index is 0.00988. The van der Waals surface area contributed by atoms with Gasteiger partial charge in [0.1, 0.15) is 0 Å². The number of hydrogen-bond donors (Lipinski definition) is 3. The summed E-state index contributed by atoms with van der Waals surface area (Å²) in [4.78, 5) is 32.2. The molecule has 0 fully saturated rings. The fraction of sp³-hybridized carbons (Fsp3) is 0.621. The molecule has 196 valence electrons. The molecule has 2 rings (SSSR count). The molecule has 0 heterocycles. The average molecular weight is 502 g/mol. The van der Waals surface area contributed by atoms with Crippen molar-refractivity contribution >= 4 is 25.5 Å². The lowest BCUT2D eigenvalue weighted by Gasteiger charge is -2.25. The van der Waals surface area contributed by atoms with Crippen LogP contribution in [0.3, 0.4) is 0 Å². The number of rotatable bonds is 16. The lowest BCUT2D eigenvalue weighted by atomic mass is 9.90. The molecule has 0 bridgehead atoms. The molecule has 2 aromatic rings. The first-order chi connectivity index (χ1) is 16.6. The molecule has 6 heteroatoms. The maximum absolute atomic E-state index is 12.8. The Kier molecular flexibility index (Phi) is 12.4. The van der Waals surface area contributed by atoms with Gasteiger partial charge >= 0.3 is 8.80 Å². The first-order valence-electron chi connectivity index (χ1n) is 13.5. The number of unbranched alkanes of at least 4 members (excludes halogenated alkanes) is 7. The number of hydrogen-bond acceptors (Lipinski definition) is 4. The van der Waals surface area contributed by atoms with Gasteiger partial charge in [0.2, 0.25) is 5.91 Å². The number of benzene rings is 2. The molecule has 0 radical (unpaired) electrons. The van der Waals surface area contributed by atoms with Crippen LogP contribution >= 0.6 is 0 Å². The molecule has 0 aliphatic rings. The van der Waals surface area contributed by atoms with E-state index in [4.69, 9.17) is 4.43 Å². The van der Waals surface area contributed by atoms with Crippen molar-refractivity contribution in [2.45, 2.75) is 104 Å². The van der Waals surface area contributed by atoms with E-state index >= 15 is 0 Å². The highest BCUT2D eigenvalue weighted by molar-refractivity contribution is 6.57. The Bertz CT molecular complexity index is 928. The van der Waals surface area contributed by atoms with Crippen LogP contribution in [-0.4, -0.2) is 30.9 Å². The van der Waals surface area contributed by atoms with Gasteiger partial charge in [-0.2, -0.15) is 0 Å². The van der Waals surface area contributed by atoms with Crippen LogP contribution in [-0.2, 0) is 9.22 Å². The van der Waals surface area contributed by atoms with Crippen molar-refractivity contribution < 1.29 is 18.8 Å². The van der Waals surface area contributed by atoms with Crippen molar-refractivity contribution in [3.05, 3.63) is 47.0 Å². The Balaban J connectivity index is 1.71. The summed E-state index contributed by atoms with van der Waals surface area (Å²) in [5.74, 6) is 0.448. The number of aryl methyl sites for hydroxylation is 2. The molecule has 2 aromatic carbocycles. The van der Waals surface area contributed by atoms with Crippen molar-refractivity contribution in [2.75, 3.05) is 6.61 Å². The topological polar surface area (TPSA) is 78.8 Å². The van der Waals surface area contributed by atoms with E-state index in [2.05, 4.69) is 63.3 Å². The first kappa shape index (κ1) is 29.5. The van der Waals surface area contributed by atoms with Gasteiger partial charge < -0.3 is 19.3 Å². The van der Waals surface area contributed by atoms with Crippen LogP contribution in [0.15, 0.2) is 30.3 Å². The first-order valence-corrected chi connectivity index (χ1v) is 15.5. The predicted molar refractivity (Wildman–Crippen MR) is 147 cm³/mol. The van der Waals surface area contributed by atoms with Gasteiger partial charge in [0.25, 0.3) is 0 Å². The van der Waals surface area contributed by atoms with Crippen LogP contribution in [0.5, 0.6) is 0 Å². The van der Waals surface area contributed by atoms with Gasteiger partial charge in [0.15, 0.2) is 0 Å². The lowest BCUT2D eigenvalue weighted by molar-refractivity contribution is -0.122. The fourth-order valence-electron chi connectivity index (χ4n) is 4.70. The summed E-state index contributed by atoms with van der Waals surface area (Å²) in [6.45, 7) is 10.8. The van der Waals surface area contributed by atoms with Crippen molar-refractivity contribution in [3.8, 4) is 0 Å². The highest BCUT2D eigenvalue weighted by Gasteiger charge is 2.30. The van der Waals surface area contributed by atoms with Gasteiger partial charge in [0, 0.05) is 19.1 Å². The molecule has 5 nitrogen and oxygen atoms in total. The smallest absolute Gasteiger partial charge is 0.390 e. The summed E-state index contributed by atoms with van der Waals surface area (Å²) in [6, 6.07) is 11.3. The quantitative estimate of drug-likeness (QED) is 0.176. The van der Waals surface area contributed by atoms with E-state index in [0.717, 1.165) is 51.4 Å². The van der Waals surface area contributed by atoms with E-state index < -0.39 is 8.80 Å². The minimum atomic E-state index is -3.40. The summed E-state index contributed by atoms with van der Waals surface area (Å²) in [5.41, 5.74) is 3.78. The van der Waals surface area contributed by atoms with Crippen molar-refractivity contribution in [1.29, 1.82) is 0 Å². The Morgan fingerprint density at radius 1 is 0.943 bits per heavy atom. The molecule has 0 aliphatic carbocycles. The van der Waals surface area contributed by atoms with Crippen molar-refractivity contribution in [1.82, 2.24) is 5.32 Å². The van der Waals surface area contributed by atoms with Crippen molar-refractivity contribution in [3.63, 3.8) is 0 Å². The third-order valence-electron chi connectivity index (χ3n) is 6.88. The maximum Gasteiger partial charge on any atom is 0.495 e. The van der Waals surface area contributed by atoms with Crippen molar-refractivity contribution in [2.24, 2.45) is 5.92 Å². The Labute approximate surface area is 213 Å². The Hall–Kier alpha value is -1.73. The van der Waals surface area contributed by atoms with Crippen LogP contribution in [0.25, 0.3) is 10.8 Å². The Morgan fingerprint density at radius 2 is 1.54 bits per heavy atom. The zero-order valence-electron chi connectivity index (χ0n) is 22.5. The molecule has 0 aliphatic heterocycles. The molecule has 3 N–H and O–H groups in total. The third-order valence-corrected chi connectivity index (χ3v) is 8.63. The van der Waals surface area contributed by atoms with Crippen LogP contribution in [0.2, 0.25) is 6.04 Å². The van der Waals surface area contributed by atoms with Crippen LogP contribution < -0.4 is 5.32 Å². The van der Waals surface area contributed by atoms with Crippen LogP contribution in [0, 0.1) is 19.8 Å². The van der Waals surface area contributed by atoms with E-state index in [-0.39, 0.29) is 11.9 Å². The normalized spacial score (nSPS) is 12.9. The summed E-state index contributed by atoms with van der Waals surface area (Å²) in [5, 5.41) is 5.78. The number of fused-ring (bicyclic) bond motifs is 1. The van der Waals surface area contributed by atoms with Crippen LogP contribution in [0.4, 0.5) is 0 Å². The minimum Gasteiger partial charge on any atom is -0.390 e. The molecular weight excluding hydrogens is 454 g/mol. The Morgan fingerprint density at radius 3 is 2.17 bits per heavy atom. The van der Waals surface area contributed by atoms with E-state index in [1.165, 1.54) is 27.5 Å². The van der Waals surface area contributed by atoms with Gasteiger partial charge in [-0.25, -0.2) is 0 Å². The van der Waals surface area contributed by atoms with Gasteiger partial charge in [-0.05, 0) is 67.0 Å². The van der Waals surface area contributed by atoms with Gasteiger partial charge in [-0.15, -0.1) is 0 Å². The highest BCUT2D eigenvalue weighted by atomic mass is 28.4. The molecule has 1 amide bonds. The molecule has 0 saturated heterocycles. The summed E-state index contributed by atoms with van der Waals surface area (Å²) < 4.78 is 5.03. The van der Waals surface area contributed by atoms with E-state index in [1.807, 2.05) is 0 Å². The zero-order valence-corrected chi connectivity index (χ0v) is 23.5. The molecule has 35 heavy (non-hydrogen) atoms. The number of carbonyl (C=O) groups is 1.